The SMILES string of the molecule is COCCOC1=CCC(C)(C#Cc2ccc(C(F)(F)F)cc2)C=C1. The fraction of sp³-hybridized carbons (Fsp3) is 0.368. The first kappa shape index (κ1) is 18.2. The van der Waals surface area contributed by atoms with Gasteiger partial charge < -0.3 is 9.47 Å². The lowest BCUT2D eigenvalue weighted by atomic mass is 9.84. The summed E-state index contributed by atoms with van der Waals surface area (Å²) in [6, 6.07) is 4.87. The van der Waals surface area contributed by atoms with E-state index in [-0.39, 0.29) is 5.41 Å². The summed E-state index contributed by atoms with van der Waals surface area (Å²) in [5.74, 6) is 6.84. The Hall–Kier alpha value is -2.19. The van der Waals surface area contributed by atoms with E-state index < -0.39 is 11.7 Å². The molecule has 24 heavy (non-hydrogen) atoms. The summed E-state index contributed by atoms with van der Waals surface area (Å²) >= 11 is 0. The zero-order chi connectivity index (χ0) is 17.6. The van der Waals surface area contributed by atoms with Gasteiger partial charge in [0.2, 0.25) is 0 Å². The van der Waals surface area contributed by atoms with Crippen LogP contribution in [0.2, 0.25) is 0 Å². The summed E-state index contributed by atoms with van der Waals surface area (Å²) in [6.45, 7) is 2.99. The smallest absolute Gasteiger partial charge is 0.416 e. The molecule has 0 aromatic heterocycles. The highest BCUT2D eigenvalue weighted by Crippen LogP contribution is 2.30. The summed E-state index contributed by atoms with van der Waals surface area (Å²) in [7, 11) is 1.61. The highest BCUT2D eigenvalue weighted by Gasteiger charge is 2.29. The second-order valence-electron chi connectivity index (χ2n) is 5.73. The normalized spacial score (nSPS) is 20.1. The van der Waals surface area contributed by atoms with Crippen molar-refractivity contribution < 1.29 is 22.6 Å². The van der Waals surface area contributed by atoms with E-state index in [0.717, 1.165) is 17.9 Å². The molecule has 5 heteroatoms. The van der Waals surface area contributed by atoms with Crippen LogP contribution in [-0.2, 0) is 15.7 Å². The average Bonchev–Trinajstić information content (AvgIpc) is 2.55. The molecule has 0 saturated heterocycles. The third kappa shape index (κ3) is 5.17. The Morgan fingerprint density at radius 1 is 1.17 bits per heavy atom. The van der Waals surface area contributed by atoms with Crippen LogP contribution in [0.3, 0.4) is 0 Å². The molecule has 0 aliphatic heterocycles. The summed E-state index contributed by atoms with van der Waals surface area (Å²) in [5, 5.41) is 0. The third-order valence-corrected chi connectivity index (χ3v) is 3.60. The molecule has 0 heterocycles. The van der Waals surface area contributed by atoms with E-state index in [0.29, 0.717) is 25.2 Å². The Morgan fingerprint density at radius 3 is 2.42 bits per heavy atom. The molecule has 1 aliphatic rings. The number of hydrogen-bond donors (Lipinski definition) is 0. The minimum Gasteiger partial charge on any atom is -0.492 e. The van der Waals surface area contributed by atoms with E-state index in [2.05, 4.69) is 11.8 Å². The summed E-state index contributed by atoms with van der Waals surface area (Å²) in [6.07, 6.45) is 2.12. The van der Waals surface area contributed by atoms with Gasteiger partial charge in [0, 0.05) is 12.7 Å². The molecular formula is C19H19F3O2. The topological polar surface area (TPSA) is 18.5 Å². The number of halogens is 3. The first-order valence-corrected chi connectivity index (χ1v) is 7.54. The lowest BCUT2D eigenvalue weighted by Crippen LogP contribution is -2.13. The Labute approximate surface area is 140 Å². The van der Waals surface area contributed by atoms with Crippen LogP contribution in [0.15, 0.2) is 48.3 Å². The number of alkyl halides is 3. The molecule has 0 spiro atoms. The molecule has 0 fully saturated rings. The van der Waals surface area contributed by atoms with Gasteiger partial charge in [0.25, 0.3) is 0 Å². The van der Waals surface area contributed by atoms with Crippen LogP contribution >= 0.6 is 0 Å². The number of rotatable bonds is 4. The molecule has 1 aromatic rings. The van der Waals surface area contributed by atoms with Crippen LogP contribution in [0.1, 0.15) is 24.5 Å². The van der Waals surface area contributed by atoms with Crippen molar-refractivity contribution in [1.29, 1.82) is 0 Å². The van der Waals surface area contributed by atoms with Gasteiger partial charge in [-0.2, -0.15) is 13.2 Å². The van der Waals surface area contributed by atoms with E-state index in [1.165, 1.54) is 12.1 Å². The van der Waals surface area contributed by atoms with Crippen LogP contribution in [0.4, 0.5) is 13.2 Å². The fourth-order valence-corrected chi connectivity index (χ4v) is 2.11. The molecule has 128 valence electrons. The summed E-state index contributed by atoms with van der Waals surface area (Å²) in [5.41, 5.74) is -0.474. The van der Waals surface area contributed by atoms with Crippen molar-refractivity contribution in [3.05, 3.63) is 59.4 Å². The zero-order valence-corrected chi connectivity index (χ0v) is 13.6. The number of methoxy groups -OCH3 is 1. The molecule has 1 aliphatic carbocycles. The van der Waals surface area contributed by atoms with Crippen LogP contribution in [0.5, 0.6) is 0 Å². The fourth-order valence-electron chi connectivity index (χ4n) is 2.11. The predicted molar refractivity (Wildman–Crippen MR) is 86.1 cm³/mol. The second-order valence-corrected chi connectivity index (χ2v) is 5.73. The number of hydrogen-bond acceptors (Lipinski definition) is 2. The van der Waals surface area contributed by atoms with Crippen molar-refractivity contribution >= 4 is 0 Å². The van der Waals surface area contributed by atoms with E-state index in [4.69, 9.17) is 9.47 Å². The Morgan fingerprint density at radius 2 is 1.88 bits per heavy atom. The van der Waals surface area contributed by atoms with Crippen molar-refractivity contribution in [2.75, 3.05) is 20.3 Å². The Kier molecular flexibility index (Phi) is 5.74. The van der Waals surface area contributed by atoms with Gasteiger partial charge >= 0.3 is 6.18 Å². The Bertz CT molecular complexity index is 675. The van der Waals surface area contributed by atoms with E-state index in [1.54, 1.807) is 7.11 Å². The van der Waals surface area contributed by atoms with Gasteiger partial charge in [0.05, 0.1) is 17.6 Å². The highest BCUT2D eigenvalue weighted by atomic mass is 19.4. The first-order chi connectivity index (χ1) is 11.3. The first-order valence-electron chi connectivity index (χ1n) is 7.54. The predicted octanol–water partition coefficient (Wildman–Crippen LogP) is 4.57. The van der Waals surface area contributed by atoms with Gasteiger partial charge in [-0.1, -0.05) is 17.9 Å². The van der Waals surface area contributed by atoms with Gasteiger partial charge in [-0.05, 0) is 49.8 Å². The Balaban J connectivity index is 2.00. The number of allylic oxidation sites excluding steroid dienone is 3. The van der Waals surface area contributed by atoms with Crippen molar-refractivity contribution in [2.24, 2.45) is 5.41 Å². The molecule has 1 aromatic carbocycles. The quantitative estimate of drug-likeness (QED) is 0.592. The molecule has 1 unspecified atom stereocenters. The average molecular weight is 336 g/mol. The molecule has 2 nitrogen and oxygen atoms in total. The number of ether oxygens (including phenoxy) is 2. The zero-order valence-electron chi connectivity index (χ0n) is 13.6. The van der Waals surface area contributed by atoms with Crippen molar-refractivity contribution in [3.63, 3.8) is 0 Å². The molecular weight excluding hydrogens is 317 g/mol. The largest absolute Gasteiger partial charge is 0.492 e. The lowest BCUT2D eigenvalue weighted by molar-refractivity contribution is -0.137. The molecule has 0 saturated carbocycles. The number of benzene rings is 1. The summed E-state index contributed by atoms with van der Waals surface area (Å²) < 4.78 is 48.0. The molecule has 1 atom stereocenters. The van der Waals surface area contributed by atoms with Gasteiger partial charge in [-0.25, -0.2) is 0 Å². The monoisotopic (exact) mass is 336 g/mol. The molecule has 0 radical (unpaired) electrons. The second kappa shape index (κ2) is 7.59. The van der Waals surface area contributed by atoms with Crippen molar-refractivity contribution in [1.82, 2.24) is 0 Å². The van der Waals surface area contributed by atoms with Crippen LogP contribution in [0, 0.1) is 17.3 Å². The lowest BCUT2D eigenvalue weighted by Gasteiger charge is -2.22. The van der Waals surface area contributed by atoms with Crippen molar-refractivity contribution in [2.45, 2.75) is 19.5 Å². The minimum absolute atomic E-state index is 0.364. The standard InChI is InChI=1S/C19H19F3O2/c1-18(11-8-17(9-12-18)24-14-13-23-2)10-7-15-3-5-16(6-4-15)19(20,21)22/h3-6,8-9,11H,12-14H2,1-2H3. The van der Waals surface area contributed by atoms with E-state index in [1.807, 2.05) is 25.2 Å². The maximum atomic E-state index is 12.5. The molecule has 0 amide bonds. The maximum Gasteiger partial charge on any atom is 0.416 e. The van der Waals surface area contributed by atoms with Crippen LogP contribution < -0.4 is 0 Å². The van der Waals surface area contributed by atoms with Gasteiger partial charge in [0.1, 0.15) is 12.4 Å². The third-order valence-electron chi connectivity index (χ3n) is 3.60. The van der Waals surface area contributed by atoms with E-state index >= 15 is 0 Å². The van der Waals surface area contributed by atoms with Crippen molar-refractivity contribution in [3.8, 4) is 11.8 Å². The molecule has 0 N–H and O–H groups in total. The van der Waals surface area contributed by atoms with Crippen LogP contribution in [0.25, 0.3) is 0 Å². The summed E-state index contributed by atoms with van der Waals surface area (Å²) in [4.78, 5) is 0. The van der Waals surface area contributed by atoms with Gasteiger partial charge in [0.15, 0.2) is 0 Å². The van der Waals surface area contributed by atoms with Crippen LogP contribution in [-0.4, -0.2) is 20.3 Å². The maximum absolute atomic E-state index is 12.5. The van der Waals surface area contributed by atoms with E-state index in [9.17, 15) is 13.2 Å². The minimum atomic E-state index is -4.33. The molecule has 2 rings (SSSR count). The highest BCUT2D eigenvalue weighted by molar-refractivity contribution is 5.40. The van der Waals surface area contributed by atoms with Gasteiger partial charge in [-0.15, -0.1) is 0 Å². The van der Waals surface area contributed by atoms with Gasteiger partial charge in [-0.3, -0.25) is 0 Å². The molecule has 0 bridgehead atoms.